The van der Waals surface area contributed by atoms with E-state index < -0.39 is 0 Å². The van der Waals surface area contributed by atoms with Crippen LogP contribution in [0, 0.1) is 6.92 Å². The predicted octanol–water partition coefficient (Wildman–Crippen LogP) is 3.69. The van der Waals surface area contributed by atoms with Crippen LogP contribution in [0.2, 0.25) is 0 Å². The van der Waals surface area contributed by atoms with E-state index >= 15 is 0 Å². The first kappa shape index (κ1) is 16.4. The van der Waals surface area contributed by atoms with Gasteiger partial charge < -0.3 is 15.2 Å². The normalized spacial score (nSPS) is 12.0. The van der Waals surface area contributed by atoms with Crippen LogP contribution in [0.5, 0.6) is 11.5 Å². The maximum atomic E-state index is 6.02. The predicted molar refractivity (Wildman–Crippen MR) is 90.8 cm³/mol. The molecule has 2 aromatic carbocycles. The Labute approximate surface area is 133 Å². The van der Waals surface area contributed by atoms with Gasteiger partial charge in [-0.2, -0.15) is 0 Å². The van der Waals surface area contributed by atoms with Crippen LogP contribution < -0.4 is 15.2 Å². The lowest BCUT2D eigenvalue weighted by molar-refractivity contribution is 0.340. The van der Waals surface area contributed by atoms with E-state index in [9.17, 15) is 0 Å². The van der Waals surface area contributed by atoms with Gasteiger partial charge in [0.2, 0.25) is 0 Å². The number of nitrogens with two attached hydrogens (primary N) is 1. The van der Waals surface area contributed by atoms with Crippen molar-refractivity contribution >= 4 is 0 Å². The van der Waals surface area contributed by atoms with Gasteiger partial charge in [-0.25, -0.2) is 0 Å². The van der Waals surface area contributed by atoms with Crippen LogP contribution in [-0.2, 0) is 6.42 Å². The zero-order chi connectivity index (χ0) is 15.9. The number of aryl methyl sites for hydroxylation is 1. The highest BCUT2D eigenvalue weighted by Gasteiger charge is 2.14. The summed E-state index contributed by atoms with van der Waals surface area (Å²) >= 11 is 0. The smallest absolute Gasteiger partial charge is 0.119 e. The molecule has 0 saturated carbocycles. The van der Waals surface area contributed by atoms with Gasteiger partial charge in [-0.15, -0.1) is 0 Å². The second kappa shape index (κ2) is 7.85. The molecule has 0 aromatic heterocycles. The van der Waals surface area contributed by atoms with Crippen molar-refractivity contribution in [3.05, 3.63) is 59.2 Å². The van der Waals surface area contributed by atoms with E-state index in [4.69, 9.17) is 15.2 Å². The lowest BCUT2D eigenvalue weighted by Gasteiger charge is -2.19. The van der Waals surface area contributed by atoms with Gasteiger partial charge in [0.15, 0.2) is 0 Å². The van der Waals surface area contributed by atoms with Crippen LogP contribution in [0.1, 0.15) is 29.5 Å². The first-order valence-corrected chi connectivity index (χ1v) is 7.74. The number of hydrogen-bond donors (Lipinski definition) is 1. The molecule has 3 heteroatoms. The third kappa shape index (κ3) is 4.01. The zero-order valence-electron chi connectivity index (χ0n) is 13.6. The Kier molecular flexibility index (Phi) is 5.84. The third-order valence-electron chi connectivity index (χ3n) is 3.92. The minimum atomic E-state index is 0.309. The molecule has 3 nitrogen and oxygen atoms in total. The van der Waals surface area contributed by atoms with Crippen molar-refractivity contribution in [3.63, 3.8) is 0 Å². The first-order chi connectivity index (χ1) is 10.7. The van der Waals surface area contributed by atoms with Gasteiger partial charge in [-0.1, -0.05) is 18.2 Å². The summed E-state index contributed by atoms with van der Waals surface area (Å²) in [5.41, 5.74) is 9.81. The Balaban J connectivity index is 2.16. The van der Waals surface area contributed by atoms with E-state index in [2.05, 4.69) is 31.2 Å². The van der Waals surface area contributed by atoms with Crippen LogP contribution in [0.25, 0.3) is 0 Å². The number of ether oxygens (including phenoxy) is 2. The van der Waals surface area contributed by atoms with E-state index in [1.807, 2.05) is 25.1 Å². The molecule has 0 spiro atoms. The highest BCUT2D eigenvalue weighted by atomic mass is 16.5. The molecule has 0 fully saturated rings. The first-order valence-electron chi connectivity index (χ1n) is 7.74. The SMILES string of the molecule is CCOc1ccc(C(CN)Cc2ccc(OC)cc2)c(C)c1. The maximum Gasteiger partial charge on any atom is 0.119 e. The minimum Gasteiger partial charge on any atom is -0.497 e. The van der Waals surface area contributed by atoms with Gasteiger partial charge in [-0.05, 0) is 67.8 Å². The molecule has 0 aliphatic heterocycles. The molecule has 2 rings (SSSR count). The molecule has 0 bridgehead atoms. The summed E-state index contributed by atoms with van der Waals surface area (Å²) in [5, 5.41) is 0. The highest BCUT2D eigenvalue weighted by Crippen LogP contribution is 2.27. The monoisotopic (exact) mass is 299 g/mol. The Morgan fingerprint density at radius 1 is 1.05 bits per heavy atom. The summed E-state index contributed by atoms with van der Waals surface area (Å²) in [5.74, 6) is 2.11. The fourth-order valence-corrected chi connectivity index (χ4v) is 2.73. The van der Waals surface area contributed by atoms with E-state index in [0.717, 1.165) is 17.9 Å². The van der Waals surface area contributed by atoms with E-state index in [-0.39, 0.29) is 0 Å². The summed E-state index contributed by atoms with van der Waals surface area (Å²) in [6.45, 7) is 5.43. The van der Waals surface area contributed by atoms with Crippen LogP contribution in [0.15, 0.2) is 42.5 Å². The largest absolute Gasteiger partial charge is 0.497 e. The fraction of sp³-hybridized carbons (Fsp3) is 0.368. The second-order valence-electron chi connectivity index (χ2n) is 5.44. The average Bonchev–Trinajstić information content (AvgIpc) is 2.54. The molecule has 0 aliphatic rings. The van der Waals surface area contributed by atoms with E-state index in [1.165, 1.54) is 16.7 Å². The summed E-state index contributed by atoms with van der Waals surface area (Å²) < 4.78 is 10.8. The van der Waals surface area contributed by atoms with Crippen LogP contribution >= 0.6 is 0 Å². The number of benzene rings is 2. The number of hydrogen-bond acceptors (Lipinski definition) is 3. The Hall–Kier alpha value is -2.00. The molecule has 0 heterocycles. The summed E-state index contributed by atoms with van der Waals surface area (Å²) in [6, 6.07) is 14.5. The molecule has 2 N–H and O–H groups in total. The lowest BCUT2D eigenvalue weighted by Crippen LogP contribution is -2.16. The van der Waals surface area contributed by atoms with Crippen molar-refractivity contribution in [2.75, 3.05) is 20.3 Å². The van der Waals surface area contributed by atoms with Gasteiger partial charge in [0.25, 0.3) is 0 Å². The van der Waals surface area contributed by atoms with Crippen molar-refractivity contribution in [2.45, 2.75) is 26.2 Å². The highest BCUT2D eigenvalue weighted by molar-refractivity contribution is 5.38. The van der Waals surface area contributed by atoms with Gasteiger partial charge >= 0.3 is 0 Å². The van der Waals surface area contributed by atoms with Crippen LogP contribution in [0.4, 0.5) is 0 Å². The fourth-order valence-electron chi connectivity index (χ4n) is 2.73. The van der Waals surface area contributed by atoms with Crippen molar-refractivity contribution in [2.24, 2.45) is 5.73 Å². The third-order valence-corrected chi connectivity index (χ3v) is 3.92. The molecule has 1 unspecified atom stereocenters. The van der Waals surface area contributed by atoms with Crippen molar-refractivity contribution < 1.29 is 9.47 Å². The topological polar surface area (TPSA) is 44.5 Å². The molecular weight excluding hydrogens is 274 g/mol. The van der Waals surface area contributed by atoms with Crippen molar-refractivity contribution in [1.29, 1.82) is 0 Å². The summed E-state index contributed by atoms with van der Waals surface area (Å²) in [7, 11) is 1.68. The van der Waals surface area contributed by atoms with Crippen molar-refractivity contribution in [3.8, 4) is 11.5 Å². The zero-order valence-corrected chi connectivity index (χ0v) is 13.6. The lowest BCUT2D eigenvalue weighted by atomic mass is 9.89. The average molecular weight is 299 g/mol. The summed E-state index contributed by atoms with van der Waals surface area (Å²) in [4.78, 5) is 0. The van der Waals surface area contributed by atoms with E-state index in [1.54, 1.807) is 7.11 Å². The molecule has 0 aliphatic carbocycles. The molecule has 0 amide bonds. The molecule has 1 atom stereocenters. The molecule has 118 valence electrons. The molecular formula is C19H25NO2. The molecule has 2 aromatic rings. The van der Waals surface area contributed by atoms with Gasteiger partial charge in [-0.3, -0.25) is 0 Å². The summed E-state index contributed by atoms with van der Waals surface area (Å²) in [6.07, 6.45) is 0.926. The standard InChI is InChI=1S/C19H25NO2/c1-4-22-18-9-10-19(14(2)11-18)16(13-20)12-15-5-7-17(21-3)8-6-15/h5-11,16H,4,12-13,20H2,1-3H3. The van der Waals surface area contributed by atoms with E-state index in [0.29, 0.717) is 19.1 Å². The quantitative estimate of drug-likeness (QED) is 0.848. The number of methoxy groups -OCH3 is 1. The maximum absolute atomic E-state index is 6.02. The second-order valence-corrected chi connectivity index (χ2v) is 5.44. The Morgan fingerprint density at radius 2 is 1.73 bits per heavy atom. The van der Waals surface area contributed by atoms with Crippen molar-refractivity contribution in [1.82, 2.24) is 0 Å². The van der Waals surface area contributed by atoms with Crippen LogP contribution in [0.3, 0.4) is 0 Å². The van der Waals surface area contributed by atoms with Crippen LogP contribution in [-0.4, -0.2) is 20.3 Å². The Bertz CT molecular complexity index is 593. The Morgan fingerprint density at radius 3 is 2.27 bits per heavy atom. The molecule has 0 radical (unpaired) electrons. The van der Waals surface area contributed by atoms with Gasteiger partial charge in [0, 0.05) is 5.92 Å². The minimum absolute atomic E-state index is 0.309. The van der Waals surface area contributed by atoms with Gasteiger partial charge in [0.05, 0.1) is 13.7 Å². The molecule has 0 saturated heterocycles. The molecule has 22 heavy (non-hydrogen) atoms. The van der Waals surface area contributed by atoms with Gasteiger partial charge in [0.1, 0.15) is 11.5 Å². The number of rotatable bonds is 7.